The molecule has 1 aliphatic heterocycles. The molecule has 1 aliphatic rings. The number of anilines is 1. The van der Waals surface area contributed by atoms with E-state index in [1.807, 2.05) is 6.92 Å². The minimum atomic E-state index is -1.18. The number of nitrogens with one attached hydrogen (secondary N) is 1. The number of aromatic hydroxyl groups is 1. The maximum atomic E-state index is 12.4. The zero-order valence-corrected chi connectivity index (χ0v) is 14.8. The molecule has 3 heterocycles. The molecule has 2 aromatic rings. The molecule has 1 saturated heterocycles. The Morgan fingerprint density at radius 3 is 2.89 bits per heavy atom. The summed E-state index contributed by atoms with van der Waals surface area (Å²) in [7, 11) is 0. The number of carbonyl (C=O) groups is 1. The Hall–Kier alpha value is -2.47. The summed E-state index contributed by atoms with van der Waals surface area (Å²) in [4.78, 5) is 20.3. The second kappa shape index (κ2) is 7.64. The first kappa shape index (κ1) is 19.3. The molecule has 11 heteroatoms. The van der Waals surface area contributed by atoms with Crippen molar-refractivity contribution >= 4 is 22.8 Å². The predicted molar refractivity (Wildman–Crippen MR) is 95.4 cm³/mol. The van der Waals surface area contributed by atoms with E-state index in [1.165, 1.54) is 17.1 Å². The van der Waals surface area contributed by atoms with E-state index in [1.54, 1.807) is 0 Å². The highest BCUT2D eigenvalue weighted by Gasteiger charge is 2.46. The van der Waals surface area contributed by atoms with E-state index >= 15 is 0 Å². The molecule has 3 rings (SSSR count). The number of nitrogens with zero attached hydrogens (tertiary/aromatic N) is 3. The summed E-state index contributed by atoms with van der Waals surface area (Å²) in [6.45, 7) is 1.46. The van der Waals surface area contributed by atoms with Gasteiger partial charge in [0.15, 0.2) is 11.9 Å². The third-order valence-corrected chi connectivity index (χ3v) is 4.69. The first-order chi connectivity index (χ1) is 12.9. The van der Waals surface area contributed by atoms with Crippen LogP contribution in [-0.2, 0) is 9.53 Å². The van der Waals surface area contributed by atoms with Crippen LogP contribution >= 0.6 is 0 Å². The highest BCUT2D eigenvalue weighted by Crippen LogP contribution is 2.36. The minimum Gasteiger partial charge on any atom is -0.505 e. The largest absolute Gasteiger partial charge is 0.505 e. The number of fused-ring (bicyclic) bond motifs is 1. The van der Waals surface area contributed by atoms with E-state index in [0.29, 0.717) is 6.42 Å². The van der Waals surface area contributed by atoms with E-state index in [-0.39, 0.29) is 22.6 Å². The average molecular weight is 380 g/mol. The van der Waals surface area contributed by atoms with E-state index in [4.69, 9.17) is 16.2 Å². The van der Waals surface area contributed by atoms with Gasteiger partial charge in [0.2, 0.25) is 5.91 Å². The zero-order valence-electron chi connectivity index (χ0n) is 14.8. The van der Waals surface area contributed by atoms with Crippen molar-refractivity contribution in [3.05, 3.63) is 12.5 Å². The van der Waals surface area contributed by atoms with Crippen molar-refractivity contribution in [2.24, 2.45) is 5.73 Å². The molecular formula is C16H24N6O5. The van der Waals surface area contributed by atoms with Gasteiger partial charge < -0.3 is 36.8 Å². The van der Waals surface area contributed by atoms with Crippen molar-refractivity contribution < 1.29 is 24.9 Å². The normalized spacial score (nSPS) is 26.4. The molecule has 5 atom stereocenters. The van der Waals surface area contributed by atoms with Crippen LogP contribution in [0.4, 0.5) is 5.82 Å². The molecule has 0 radical (unpaired) electrons. The molecule has 8 N–H and O–H groups in total. The van der Waals surface area contributed by atoms with Crippen LogP contribution in [0.5, 0.6) is 5.75 Å². The van der Waals surface area contributed by atoms with E-state index in [9.17, 15) is 20.1 Å². The van der Waals surface area contributed by atoms with Crippen molar-refractivity contribution in [2.45, 2.75) is 50.3 Å². The molecule has 11 nitrogen and oxygen atoms in total. The van der Waals surface area contributed by atoms with Gasteiger partial charge in [-0.2, -0.15) is 0 Å². The quantitative estimate of drug-likeness (QED) is 0.350. The average Bonchev–Trinajstić information content (AvgIpc) is 3.13. The number of nitrogens with two attached hydrogens (primary N) is 2. The van der Waals surface area contributed by atoms with Crippen LogP contribution in [0.25, 0.3) is 11.0 Å². The Labute approximate surface area is 155 Å². The van der Waals surface area contributed by atoms with Crippen molar-refractivity contribution in [3.8, 4) is 5.75 Å². The maximum Gasteiger partial charge on any atom is 0.237 e. The molecule has 3 unspecified atom stereocenters. The van der Waals surface area contributed by atoms with Gasteiger partial charge in [0, 0.05) is 0 Å². The van der Waals surface area contributed by atoms with E-state index < -0.39 is 43.0 Å². The SMILES string of the molecule is CCCC(N)C(=O)NC1C(O)[C@@H](CO)O[C@H]1n1cc(O)c2c(N)ncnc21. The number of amides is 1. The minimum absolute atomic E-state index is 0.0825. The monoisotopic (exact) mass is 380 g/mol. The Kier molecular flexibility index (Phi) is 5.46. The maximum absolute atomic E-state index is 12.4. The van der Waals surface area contributed by atoms with Crippen LogP contribution in [-0.4, -0.2) is 66.7 Å². The summed E-state index contributed by atoms with van der Waals surface area (Å²) in [6.07, 6.45) is 0.727. The third-order valence-electron chi connectivity index (χ3n) is 4.69. The number of ether oxygens (including phenoxy) is 1. The van der Waals surface area contributed by atoms with Crippen LogP contribution in [0.1, 0.15) is 26.0 Å². The Bertz CT molecular complexity index is 827. The molecule has 0 aliphatic carbocycles. The van der Waals surface area contributed by atoms with Gasteiger partial charge in [-0.1, -0.05) is 13.3 Å². The molecule has 2 aromatic heterocycles. The molecule has 1 fully saturated rings. The summed E-state index contributed by atoms with van der Waals surface area (Å²) in [6, 6.07) is -1.65. The van der Waals surface area contributed by atoms with Crippen LogP contribution in [0.2, 0.25) is 0 Å². The lowest BCUT2D eigenvalue weighted by molar-refractivity contribution is -0.124. The Morgan fingerprint density at radius 2 is 2.22 bits per heavy atom. The molecular weight excluding hydrogens is 356 g/mol. The molecule has 148 valence electrons. The first-order valence-corrected chi connectivity index (χ1v) is 8.69. The lowest BCUT2D eigenvalue weighted by Crippen LogP contribution is -2.51. The third kappa shape index (κ3) is 3.41. The Morgan fingerprint density at radius 1 is 1.48 bits per heavy atom. The number of aliphatic hydroxyl groups excluding tert-OH is 2. The van der Waals surface area contributed by atoms with Gasteiger partial charge in [-0.25, -0.2) is 9.97 Å². The van der Waals surface area contributed by atoms with Crippen LogP contribution < -0.4 is 16.8 Å². The van der Waals surface area contributed by atoms with Gasteiger partial charge in [-0.05, 0) is 6.42 Å². The van der Waals surface area contributed by atoms with Gasteiger partial charge in [-0.3, -0.25) is 9.36 Å². The van der Waals surface area contributed by atoms with Crippen LogP contribution in [0.3, 0.4) is 0 Å². The summed E-state index contributed by atoms with van der Waals surface area (Å²) >= 11 is 0. The first-order valence-electron chi connectivity index (χ1n) is 8.69. The molecule has 0 aromatic carbocycles. The summed E-state index contributed by atoms with van der Waals surface area (Å²) in [5, 5.41) is 33.1. The topological polar surface area (TPSA) is 182 Å². The van der Waals surface area contributed by atoms with Gasteiger partial charge in [0.1, 0.15) is 41.5 Å². The number of hydrogen-bond donors (Lipinski definition) is 6. The van der Waals surface area contributed by atoms with Gasteiger partial charge in [0.25, 0.3) is 0 Å². The fraction of sp³-hybridized carbons (Fsp3) is 0.562. The number of nitrogen functional groups attached to an aromatic ring is 1. The Balaban J connectivity index is 1.97. The number of rotatable bonds is 6. The fourth-order valence-electron chi connectivity index (χ4n) is 3.29. The number of hydrogen-bond acceptors (Lipinski definition) is 9. The second-order valence-corrected chi connectivity index (χ2v) is 6.55. The highest BCUT2D eigenvalue weighted by atomic mass is 16.5. The highest BCUT2D eigenvalue weighted by molar-refractivity contribution is 5.92. The molecule has 1 amide bonds. The van der Waals surface area contributed by atoms with Crippen molar-refractivity contribution in [2.75, 3.05) is 12.3 Å². The number of aromatic nitrogens is 3. The van der Waals surface area contributed by atoms with E-state index in [0.717, 1.165) is 6.42 Å². The van der Waals surface area contributed by atoms with Gasteiger partial charge in [0.05, 0.1) is 18.8 Å². The summed E-state index contributed by atoms with van der Waals surface area (Å²) < 4.78 is 7.16. The van der Waals surface area contributed by atoms with Gasteiger partial charge >= 0.3 is 0 Å². The van der Waals surface area contributed by atoms with Crippen LogP contribution in [0.15, 0.2) is 12.5 Å². The second-order valence-electron chi connectivity index (χ2n) is 6.55. The van der Waals surface area contributed by atoms with Crippen molar-refractivity contribution in [1.82, 2.24) is 19.9 Å². The fourth-order valence-corrected chi connectivity index (χ4v) is 3.29. The summed E-state index contributed by atoms with van der Waals surface area (Å²) in [5.41, 5.74) is 11.9. The van der Waals surface area contributed by atoms with Gasteiger partial charge in [-0.15, -0.1) is 0 Å². The lowest BCUT2D eigenvalue weighted by Gasteiger charge is -2.24. The zero-order chi connectivity index (χ0) is 19.7. The molecule has 0 spiro atoms. The molecule has 27 heavy (non-hydrogen) atoms. The summed E-state index contributed by atoms with van der Waals surface area (Å²) in [5.74, 6) is -0.525. The smallest absolute Gasteiger partial charge is 0.237 e. The van der Waals surface area contributed by atoms with Crippen LogP contribution in [0, 0.1) is 0 Å². The molecule has 0 saturated carbocycles. The number of carbonyl (C=O) groups excluding carboxylic acids is 1. The number of aliphatic hydroxyl groups is 2. The van der Waals surface area contributed by atoms with Crippen molar-refractivity contribution in [1.29, 1.82) is 0 Å². The molecule has 0 bridgehead atoms. The standard InChI is InChI=1S/C16H24N6O5/c1-2-3-7(17)15(26)21-11-12(25)9(5-23)27-16(11)22-4-8(24)10-13(18)19-6-20-14(10)22/h4,6-7,9,11-12,16,23-25H,2-3,5,17H2,1H3,(H,21,26)(H2,18,19,20)/t7?,9-,11?,12?,16-/m1/s1. The lowest BCUT2D eigenvalue weighted by atomic mass is 10.1. The van der Waals surface area contributed by atoms with Crippen molar-refractivity contribution in [3.63, 3.8) is 0 Å². The predicted octanol–water partition coefficient (Wildman–Crippen LogP) is -1.42. The van der Waals surface area contributed by atoms with E-state index in [2.05, 4.69) is 15.3 Å².